The predicted octanol–water partition coefficient (Wildman–Crippen LogP) is 1.25. The highest BCUT2D eigenvalue weighted by molar-refractivity contribution is 4.89. The molecule has 0 bridgehead atoms. The Morgan fingerprint density at radius 3 is 2.67 bits per heavy atom. The molecular formula is C10H20N2. The van der Waals surface area contributed by atoms with E-state index in [4.69, 9.17) is 0 Å². The number of nitrogens with one attached hydrogen (secondary N) is 1. The molecule has 0 radical (unpaired) electrons. The zero-order valence-corrected chi connectivity index (χ0v) is 8.21. The van der Waals surface area contributed by atoms with Crippen molar-refractivity contribution in [3.63, 3.8) is 0 Å². The SMILES string of the molecule is CC=CCN(CCC)C1CNC1. The Morgan fingerprint density at radius 2 is 2.25 bits per heavy atom. The Balaban J connectivity index is 2.26. The second-order valence-electron chi connectivity index (χ2n) is 3.38. The van der Waals surface area contributed by atoms with Gasteiger partial charge in [-0.2, -0.15) is 0 Å². The van der Waals surface area contributed by atoms with Crippen LogP contribution in [0.1, 0.15) is 20.3 Å². The van der Waals surface area contributed by atoms with E-state index in [2.05, 4.69) is 36.2 Å². The molecular weight excluding hydrogens is 148 g/mol. The molecule has 2 heteroatoms. The molecule has 1 saturated heterocycles. The summed E-state index contributed by atoms with van der Waals surface area (Å²) in [5, 5.41) is 3.31. The van der Waals surface area contributed by atoms with Gasteiger partial charge < -0.3 is 5.32 Å². The standard InChI is InChI=1S/C10H20N2/c1-3-5-7-12(6-4-2)10-8-11-9-10/h3,5,10-11H,4,6-9H2,1-2H3. The third kappa shape index (κ3) is 2.61. The predicted molar refractivity (Wildman–Crippen MR) is 53.3 cm³/mol. The van der Waals surface area contributed by atoms with E-state index in [-0.39, 0.29) is 0 Å². The van der Waals surface area contributed by atoms with Crippen molar-refractivity contribution in [2.24, 2.45) is 0 Å². The first-order valence-electron chi connectivity index (χ1n) is 4.94. The summed E-state index contributed by atoms with van der Waals surface area (Å²) in [5.74, 6) is 0. The third-order valence-corrected chi connectivity index (χ3v) is 2.36. The van der Waals surface area contributed by atoms with Gasteiger partial charge in [0.1, 0.15) is 0 Å². The highest BCUT2D eigenvalue weighted by Gasteiger charge is 2.22. The number of allylic oxidation sites excluding steroid dienone is 1. The fourth-order valence-electron chi connectivity index (χ4n) is 1.48. The van der Waals surface area contributed by atoms with Gasteiger partial charge in [0.25, 0.3) is 0 Å². The normalized spacial score (nSPS) is 18.9. The van der Waals surface area contributed by atoms with Crippen LogP contribution in [-0.4, -0.2) is 37.1 Å². The molecule has 0 atom stereocenters. The molecule has 12 heavy (non-hydrogen) atoms. The van der Waals surface area contributed by atoms with Gasteiger partial charge in [0.2, 0.25) is 0 Å². The average molecular weight is 168 g/mol. The molecule has 0 aliphatic carbocycles. The molecule has 2 nitrogen and oxygen atoms in total. The molecule has 0 saturated carbocycles. The number of rotatable bonds is 5. The van der Waals surface area contributed by atoms with Crippen molar-refractivity contribution in [1.29, 1.82) is 0 Å². The summed E-state index contributed by atoms with van der Waals surface area (Å²) < 4.78 is 0. The van der Waals surface area contributed by atoms with Crippen LogP contribution in [0.3, 0.4) is 0 Å². The van der Waals surface area contributed by atoms with Gasteiger partial charge >= 0.3 is 0 Å². The molecule has 0 unspecified atom stereocenters. The van der Waals surface area contributed by atoms with Gasteiger partial charge in [-0.15, -0.1) is 0 Å². The third-order valence-electron chi connectivity index (χ3n) is 2.36. The molecule has 1 aliphatic heterocycles. The molecule has 0 amide bonds. The van der Waals surface area contributed by atoms with Gasteiger partial charge in [0.15, 0.2) is 0 Å². The van der Waals surface area contributed by atoms with E-state index >= 15 is 0 Å². The van der Waals surface area contributed by atoms with Crippen molar-refractivity contribution < 1.29 is 0 Å². The first kappa shape index (κ1) is 9.75. The summed E-state index contributed by atoms with van der Waals surface area (Å²) in [6.45, 7) is 9.04. The van der Waals surface area contributed by atoms with Gasteiger partial charge in [-0.1, -0.05) is 19.1 Å². The fraction of sp³-hybridized carbons (Fsp3) is 0.800. The largest absolute Gasteiger partial charge is 0.314 e. The minimum absolute atomic E-state index is 0.793. The van der Waals surface area contributed by atoms with Crippen LogP contribution in [0.2, 0.25) is 0 Å². The van der Waals surface area contributed by atoms with Crippen LogP contribution in [0.5, 0.6) is 0 Å². The number of hydrogen-bond acceptors (Lipinski definition) is 2. The van der Waals surface area contributed by atoms with Crippen molar-refractivity contribution in [3.05, 3.63) is 12.2 Å². The zero-order chi connectivity index (χ0) is 8.81. The van der Waals surface area contributed by atoms with Gasteiger partial charge in [-0.25, -0.2) is 0 Å². The van der Waals surface area contributed by atoms with Crippen LogP contribution in [0.4, 0.5) is 0 Å². The quantitative estimate of drug-likeness (QED) is 0.621. The first-order valence-corrected chi connectivity index (χ1v) is 4.94. The Kier molecular flexibility index (Phi) is 4.33. The van der Waals surface area contributed by atoms with Crippen LogP contribution in [0, 0.1) is 0 Å². The molecule has 1 fully saturated rings. The average Bonchev–Trinajstić information content (AvgIpc) is 1.97. The van der Waals surface area contributed by atoms with E-state index in [0.717, 1.165) is 12.6 Å². The molecule has 0 spiro atoms. The van der Waals surface area contributed by atoms with Crippen LogP contribution in [-0.2, 0) is 0 Å². The highest BCUT2D eigenvalue weighted by Crippen LogP contribution is 2.05. The second kappa shape index (κ2) is 5.33. The van der Waals surface area contributed by atoms with E-state index in [0.29, 0.717) is 0 Å². The van der Waals surface area contributed by atoms with E-state index in [1.54, 1.807) is 0 Å². The lowest BCUT2D eigenvalue weighted by atomic mass is 10.1. The van der Waals surface area contributed by atoms with Crippen LogP contribution < -0.4 is 5.32 Å². The molecule has 1 aliphatic rings. The molecule has 0 aromatic carbocycles. The molecule has 0 aromatic heterocycles. The Bertz CT molecular complexity index is 139. The van der Waals surface area contributed by atoms with Crippen molar-refractivity contribution in [1.82, 2.24) is 10.2 Å². The molecule has 70 valence electrons. The second-order valence-corrected chi connectivity index (χ2v) is 3.38. The Labute approximate surface area is 75.6 Å². The van der Waals surface area contributed by atoms with Crippen molar-refractivity contribution in [3.8, 4) is 0 Å². The highest BCUT2D eigenvalue weighted by atomic mass is 15.2. The Morgan fingerprint density at radius 1 is 1.50 bits per heavy atom. The maximum Gasteiger partial charge on any atom is 0.0348 e. The summed E-state index contributed by atoms with van der Waals surface area (Å²) >= 11 is 0. The fourth-order valence-corrected chi connectivity index (χ4v) is 1.48. The lowest BCUT2D eigenvalue weighted by Crippen LogP contribution is -2.57. The smallest absolute Gasteiger partial charge is 0.0348 e. The van der Waals surface area contributed by atoms with Gasteiger partial charge in [0, 0.05) is 25.7 Å². The van der Waals surface area contributed by atoms with Crippen molar-refractivity contribution in [2.75, 3.05) is 26.2 Å². The van der Waals surface area contributed by atoms with E-state index in [1.165, 1.54) is 26.1 Å². The van der Waals surface area contributed by atoms with E-state index in [1.807, 2.05) is 0 Å². The minimum Gasteiger partial charge on any atom is -0.314 e. The summed E-state index contributed by atoms with van der Waals surface area (Å²) in [5.41, 5.74) is 0. The summed E-state index contributed by atoms with van der Waals surface area (Å²) in [4.78, 5) is 2.55. The Hall–Kier alpha value is -0.340. The first-order chi connectivity index (χ1) is 5.88. The summed E-state index contributed by atoms with van der Waals surface area (Å²) in [7, 11) is 0. The lowest BCUT2D eigenvalue weighted by Gasteiger charge is -2.37. The van der Waals surface area contributed by atoms with Crippen LogP contribution in [0.25, 0.3) is 0 Å². The van der Waals surface area contributed by atoms with Crippen LogP contribution in [0.15, 0.2) is 12.2 Å². The maximum atomic E-state index is 3.31. The van der Waals surface area contributed by atoms with Gasteiger partial charge in [-0.3, -0.25) is 4.90 Å². The van der Waals surface area contributed by atoms with Crippen LogP contribution >= 0.6 is 0 Å². The maximum absolute atomic E-state index is 3.31. The molecule has 1 rings (SSSR count). The summed E-state index contributed by atoms with van der Waals surface area (Å²) in [6.07, 6.45) is 5.64. The topological polar surface area (TPSA) is 15.3 Å². The van der Waals surface area contributed by atoms with Crippen molar-refractivity contribution in [2.45, 2.75) is 26.3 Å². The molecule has 0 aromatic rings. The number of nitrogens with zero attached hydrogens (tertiary/aromatic N) is 1. The zero-order valence-electron chi connectivity index (χ0n) is 8.21. The van der Waals surface area contributed by atoms with E-state index < -0.39 is 0 Å². The summed E-state index contributed by atoms with van der Waals surface area (Å²) in [6, 6.07) is 0.793. The molecule has 1 N–H and O–H groups in total. The number of hydrogen-bond donors (Lipinski definition) is 1. The lowest BCUT2D eigenvalue weighted by molar-refractivity contribution is 0.161. The monoisotopic (exact) mass is 168 g/mol. The van der Waals surface area contributed by atoms with E-state index in [9.17, 15) is 0 Å². The van der Waals surface area contributed by atoms with Gasteiger partial charge in [-0.05, 0) is 19.9 Å². The van der Waals surface area contributed by atoms with Crippen molar-refractivity contribution >= 4 is 0 Å². The molecule has 1 heterocycles. The van der Waals surface area contributed by atoms with Gasteiger partial charge in [0.05, 0.1) is 0 Å². The minimum atomic E-state index is 0.793.